The zero-order chi connectivity index (χ0) is 15.4. The summed E-state index contributed by atoms with van der Waals surface area (Å²) in [5.41, 5.74) is 6.70. The number of carbonyl (C=O) groups excluding carboxylic acids is 1. The number of thioether (sulfide) groups is 1. The molecule has 0 aromatic carbocycles. The number of aliphatic carboxylic acids is 1. The summed E-state index contributed by atoms with van der Waals surface area (Å²) in [6.45, 7) is 2.03. The number of carbonyl (C=O) groups is 2. The van der Waals surface area contributed by atoms with E-state index in [4.69, 9.17) is 5.73 Å². The Hall–Kier alpha value is -1.76. The molecule has 0 bridgehead atoms. The van der Waals surface area contributed by atoms with Gasteiger partial charge in [0.25, 0.3) is 0 Å². The van der Waals surface area contributed by atoms with Crippen LogP contribution in [-0.2, 0) is 16.0 Å². The number of carboxylic acids is 1. The molecule has 2 rings (SSSR count). The zero-order valence-electron chi connectivity index (χ0n) is 11.9. The molecule has 0 spiro atoms. The number of aromatic nitrogens is 1. The zero-order valence-corrected chi connectivity index (χ0v) is 12.7. The molecule has 1 amide bonds. The second-order valence-corrected chi connectivity index (χ2v) is 6.20. The van der Waals surface area contributed by atoms with E-state index in [-0.39, 0.29) is 17.7 Å². The molecule has 1 aliphatic heterocycles. The van der Waals surface area contributed by atoms with Crippen molar-refractivity contribution in [2.45, 2.75) is 37.6 Å². The van der Waals surface area contributed by atoms with E-state index in [1.807, 2.05) is 6.92 Å². The fraction of sp³-hybridized carbons (Fsp3) is 0.500. The van der Waals surface area contributed by atoms with Crippen LogP contribution in [0, 0.1) is 0 Å². The summed E-state index contributed by atoms with van der Waals surface area (Å²) in [5.74, 6) is -0.691. The van der Waals surface area contributed by atoms with Gasteiger partial charge in [0.1, 0.15) is 6.04 Å². The topological polar surface area (TPSA) is 96.5 Å². The smallest absolute Gasteiger partial charge is 0.327 e. The largest absolute Gasteiger partial charge is 0.480 e. The number of hydrogen-bond acceptors (Lipinski definition) is 5. The summed E-state index contributed by atoms with van der Waals surface area (Å²) in [4.78, 5) is 29.4. The first kappa shape index (κ1) is 15.6. The minimum Gasteiger partial charge on any atom is -0.480 e. The Bertz CT molecular complexity index is 521. The van der Waals surface area contributed by atoms with E-state index in [1.54, 1.807) is 12.1 Å². The predicted molar refractivity (Wildman–Crippen MR) is 81.8 cm³/mol. The highest BCUT2D eigenvalue weighted by molar-refractivity contribution is 8.00. The van der Waals surface area contributed by atoms with E-state index in [0.29, 0.717) is 17.1 Å². The molecule has 0 radical (unpaired) electrons. The molecule has 1 fully saturated rings. The van der Waals surface area contributed by atoms with E-state index >= 15 is 0 Å². The highest BCUT2D eigenvalue weighted by atomic mass is 32.2. The molecule has 2 unspecified atom stereocenters. The molecule has 1 saturated heterocycles. The predicted octanol–water partition coefficient (Wildman–Crippen LogP) is 1.36. The van der Waals surface area contributed by atoms with E-state index in [1.165, 1.54) is 22.9 Å². The molecule has 6 nitrogen and oxygen atoms in total. The second-order valence-electron chi connectivity index (χ2n) is 4.99. The average Bonchev–Trinajstić information content (AvgIpc) is 2.86. The number of amides is 1. The highest BCUT2D eigenvalue weighted by Crippen LogP contribution is 2.32. The molecule has 1 aromatic rings. The van der Waals surface area contributed by atoms with Crippen LogP contribution in [0.15, 0.2) is 18.3 Å². The number of pyridine rings is 1. The molecule has 0 saturated carbocycles. The summed E-state index contributed by atoms with van der Waals surface area (Å²) >= 11 is 1.54. The molecular formula is C14H19N3O3S. The molecule has 0 aliphatic carbocycles. The van der Waals surface area contributed by atoms with Crippen molar-refractivity contribution in [2.24, 2.45) is 0 Å². The minimum absolute atomic E-state index is 0.0580. The van der Waals surface area contributed by atoms with Crippen LogP contribution in [0.25, 0.3) is 0 Å². The van der Waals surface area contributed by atoms with Crippen LogP contribution in [-0.4, -0.2) is 44.0 Å². The van der Waals surface area contributed by atoms with Gasteiger partial charge in [-0.1, -0.05) is 13.3 Å². The van der Waals surface area contributed by atoms with Crippen LogP contribution < -0.4 is 5.73 Å². The van der Waals surface area contributed by atoms with Crippen LogP contribution in [0.2, 0.25) is 0 Å². The van der Waals surface area contributed by atoms with Crippen molar-refractivity contribution in [3.8, 4) is 0 Å². The fourth-order valence-electron chi connectivity index (χ4n) is 2.34. The molecule has 1 aliphatic rings. The molecule has 114 valence electrons. The number of nitrogens with two attached hydrogens (primary N) is 1. The van der Waals surface area contributed by atoms with Gasteiger partial charge in [-0.2, -0.15) is 0 Å². The van der Waals surface area contributed by atoms with E-state index in [2.05, 4.69) is 4.98 Å². The van der Waals surface area contributed by atoms with Gasteiger partial charge < -0.3 is 15.7 Å². The van der Waals surface area contributed by atoms with Crippen molar-refractivity contribution in [1.82, 2.24) is 9.88 Å². The number of rotatable bonds is 5. The maximum Gasteiger partial charge on any atom is 0.327 e. The fourth-order valence-corrected chi connectivity index (χ4v) is 3.88. The van der Waals surface area contributed by atoms with Gasteiger partial charge in [-0.05, 0) is 18.6 Å². The van der Waals surface area contributed by atoms with Crippen LogP contribution >= 0.6 is 11.8 Å². The van der Waals surface area contributed by atoms with E-state index in [0.717, 1.165) is 12.8 Å². The highest BCUT2D eigenvalue weighted by Gasteiger charge is 2.40. The lowest BCUT2D eigenvalue weighted by atomic mass is 10.2. The van der Waals surface area contributed by atoms with Crippen molar-refractivity contribution in [1.29, 1.82) is 0 Å². The summed E-state index contributed by atoms with van der Waals surface area (Å²) in [5, 5.41) is 9.22. The second kappa shape index (κ2) is 6.80. The average molecular weight is 309 g/mol. The van der Waals surface area contributed by atoms with Crippen molar-refractivity contribution in [3.63, 3.8) is 0 Å². The number of anilines is 1. The van der Waals surface area contributed by atoms with Gasteiger partial charge in [-0.3, -0.25) is 9.78 Å². The third-order valence-electron chi connectivity index (χ3n) is 3.38. The first-order valence-corrected chi connectivity index (χ1v) is 7.93. The van der Waals surface area contributed by atoms with Gasteiger partial charge in [0.05, 0.1) is 23.7 Å². The van der Waals surface area contributed by atoms with Gasteiger partial charge in [0.2, 0.25) is 5.91 Å². The molecular weight excluding hydrogens is 290 g/mol. The Kier molecular flexibility index (Phi) is 5.06. The Labute approximate surface area is 127 Å². The van der Waals surface area contributed by atoms with Gasteiger partial charge in [-0.15, -0.1) is 11.8 Å². The quantitative estimate of drug-likeness (QED) is 0.852. The Balaban J connectivity index is 2.12. The monoisotopic (exact) mass is 309 g/mol. The standard InChI is InChI=1S/C14H19N3O3S/c1-2-3-13-17(11(8-21-13)14(19)20)12(18)6-10-5-4-9(15)7-16-10/h4-5,7,11,13H,2-3,6,8,15H2,1H3,(H,19,20). The van der Waals surface area contributed by atoms with Gasteiger partial charge >= 0.3 is 5.97 Å². The third-order valence-corrected chi connectivity index (χ3v) is 4.74. The minimum atomic E-state index is -0.945. The van der Waals surface area contributed by atoms with Crippen molar-refractivity contribution in [2.75, 3.05) is 11.5 Å². The van der Waals surface area contributed by atoms with Crippen LogP contribution in [0.3, 0.4) is 0 Å². The SMILES string of the molecule is CCCC1SCC(C(=O)O)N1C(=O)Cc1ccc(N)cn1. The Morgan fingerprint density at radius 1 is 1.52 bits per heavy atom. The molecule has 2 heterocycles. The number of nitrogens with zero attached hydrogens (tertiary/aromatic N) is 2. The number of hydrogen-bond donors (Lipinski definition) is 2. The van der Waals surface area contributed by atoms with Crippen molar-refractivity contribution >= 4 is 29.3 Å². The molecule has 3 N–H and O–H groups in total. The summed E-state index contributed by atoms with van der Waals surface area (Å²) in [7, 11) is 0. The van der Waals surface area contributed by atoms with Crippen molar-refractivity contribution < 1.29 is 14.7 Å². The molecule has 2 atom stereocenters. The lowest BCUT2D eigenvalue weighted by molar-refractivity contribution is -0.148. The summed E-state index contributed by atoms with van der Waals surface area (Å²) in [6, 6.07) is 2.64. The maximum atomic E-state index is 12.5. The molecule has 21 heavy (non-hydrogen) atoms. The molecule has 1 aromatic heterocycles. The van der Waals surface area contributed by atoms with E-state index in [9.17, 15) is 14.7 Å². The number of nitrogen functional groups attached to an aromatic ring is 1. The molecule has 7 heteroatoms. The number of carboxylic acid groups (broad SMARTS) is 1. The van der Waals surface area contributed by atoms with Gasteiger partial charge in [-0.25, -0.2) is 4.79 Å². The summed E-state index contributed by atoms with van der Waals surface area (Å²) in [6.07, 6.45) is 3.31. The normalized spacial score (nSPS) is 21.5. The van der Waals surface area contributed by atoms with Gasteiger partial charge in [0.15, 0.2) is 0 Å². The van der Waals surface area contributed by atoms with Gasteiger partial charge in [0, 0.05) is 11.4 Å². The van der Waals surface area contributed by atoms with Crippen LogP contribution in [0.4, 0.5) is 5.69 Å². The maximum absolute atomic E-state index is 12.5. The first-order valence-electron chi connectivity index (χ1n) is 6.89. The van der Waals surface area contributed by atoms with Crippen LogP contribution in [0.5, 0.6) is 0 Å². The summed E-state index contributed by atoms with van der Waals surface area (Å²) < 4.78 is 0. The van der Waals surface area contributed by atoms with Crippen molar-refractivity contribution in [3.05, 3.63) is 24.0 Å². The third kappa shape index (κ3) is 3.66. The van der Waals surface area contributed by atoms with Crippen LogP contribution in [0.1, 0.15) is 25.5 Å². The van der Waals surface area contributed by atoms with E-state index < -0.39 is 12.0 Å². The lowest BCUT2D eigenvalue weighted by Crippen LogP contribution is -2.46. The first-order chi connectivity index (χ1) is 10.0. The Morgan fingerprint density at radius 2 is 2.29 bits per heavy atom. The lowest BCUT2D eigenvalue weighted by Gasteiger charge is -2.27. The Morgan fingerprint density at radius 3 is 2.86 bits per heavy atom.